The molecule has 0 aliphatic heterocycles. The molecular formula is C13H7FINO5. The maximum Gasteiger partial charge on any atom is 0.335 e. The zero-order valence-corrected chi connectivity index (χ0v) is 12.4. The lowest BCUT2D eigenvalue weighted by molar-refractivity contribution is -0.385. The molecule has 2 aromatic rings. The number of carboxylic acids is 1. The van der Waals surface area contributed by atoms with Gasteiger partial charge in [0.15, 0.2) is 0 Å². The van der Waals surface area contributed by atoms with Crippen LogP contribution in [0.25, 0.3) is 0 Å². The lowest BCUT2D eigenvalue weighted by Gasteiger charge is -2.09. The second-order valence-electron chi connectivity index (χ2n) is 3.92. The summed E-state index contributed by atoms with van der Waals surface area (Å²) in [6.45, 7) is 0. The maximum absolute atomic E-state index is 13.1. The fraction of sp³-hybridized carbons (Fsp3) is 0. The zero-order chi connectivity index (χ0) is 15.6. The Hall–Kier alpha value is -2.23. The molecule has 0 unspecified atom stereocenters. The molecule has 0 amide bonds. The molecule has 0 saturated heterocycles. The average Bonchev–Trinajstić information content (AvgIpc) is 2.42. The summed E-state index contributed by atoms with van der Waals surface area (Å²) in [4.78, 5) is 21.0. The fourth-order valence-electron chi connectivity index (χ4n) is 1.55. The summed E-state index contributed by atoms with van der Waals surface area (Å²) in [6, 6.07) is 7.03. The van der Waals surface area contributed by atoms with Gasteiger partial charge in [0.05, 0.1) is 20.1 Å². The van der Waals surface area contributed by atoms with Crippen molar-refractivity contribution in [2.45, 2.75) is 0 Å². The van der Waals surface area contributed by atoms with Crippen LogP contribution in [0.1, 0.15) is 10.4 Å². The van der Waals surface area contributed by atoms with E-state index in [4.69, 9.17) is 9.84 Å². The summed E-state index contributed by atoms with van der Waals surface area (Å²) in [7, 11) is 0. The number of aromatic carboxylic acids is 1. The minimum atomic E-state index is -1.15. The monoisotopic (exact) mass is 403 g/mol. The van der Waals surface area contributed by atoms with Crippen LogP contribution in [0.3, 0.4) is 0 Å². The van der Waals surface area contributed by atoms with Crippen molar-refractivity contribution in [3.8, 4) is 11.5 Å². The summed E-state index contributed by atoms with van der Waals surface area (Å²) >= 11 is 1.90. The highest BCUT2D eigenvalue weighted by molar-refractivity contribution is 14.1. The van der Waals surface area contributed by atoms with Crippen LogP contribution in [0.4, 0.5) is 10.1 Å². The molecule has 21 heavy (non-hydrogen) atoms. The van der Waals surface area contributed by atoms with E-state index in [0.717, 1.165) is 18.2 Å². The molecule has 0 aliphatic carbocycles. The van der Waals surface area contributed by atoms with E-state index < -0.39 is 22.4 Å². The summed E-state index contributed by atoms with van der Waals surface area (Å²) in [5.41, 5.74) is -0.554. The Morgan fingerprint density at radius 3 is 2.57 bits per heavy atom. The van der Waals surface area contributed by atoms with Gasteiger partial charge >= 0.3 is 11.7 Å². The third-order valence-electron chi connectivity index (χ3n) is 2.52. The van der Waals surface area contributed by atoms with Gasteiger partial charge in [0, 0.05) is 0 Å². The van der Waals surface area contributed by atoms with Crippen LogP contribution in [0, 0.1) is 19.5 Å². The zero-order valence-electron chi connectivity index (χ0n) is 10.2. The average molecular weight is 403 g/mol. The standard InChI is InChI=1S/C13H7FINO5/c14-8-2-4-11(10(6-8)16(19)20)21-12-5-7(13(17)18)1-3-9(12)15/h1-6H,(H,17,18). The molecule has 1 N–H and O–H groups in total. The minimum absolute atomic E-state index is 0.0184. The van der Waals surface area contributed by atoms with Gasteiger partial charge in [-0.3, -0.25) is 10.1 Å². The third-order valence-corrected chi connectivity index (χ3v) is 3.41. The van der Waals surface area contributed by atoms with Gasteiger partial charge in [0.25, 0.3) is 0 Å². The van der Waals surface area contributed by atoms with Crippen LogP contribution >= 0.6 is 22.6 Å². The summed E-state index contributed by atoms with van der Waals surface area (Å²) in [5.74, 6) is -1.93. The predicted octanol–water partition coefficient (Wildman–Crippen LogP) is 3.83. The molecule has 0 atom stereocenters. The van der Waals surface area contributed by atoms with Crippen molar-refractivity contribution in [2.75, 3.05) is 0 Å². The van der Waals surface area contributed by atoms with Crippen molar-refractivity contribution < 1.29 is 24.0 Å². The molecule has 2 aromatic carbocycles. The first-order valence-corrected chi connectivity index (χ1v) is 6.61. The number of nitro groups is 1. The van der Waals surface area contributed by atoms with E-state index in [1.807, 2.05) is 22.6 Å². The predicted molar refractivity (Wildman–Crippen MR) is 79.2 cm³/mol. The molecule has 0 aliphatic rings. The molecular weight excluding hydrogens is 396 g/mol. The molecule has 108 valence electrons. The second-order valence-corrected chi connectivity index (χ2v) is 5.08. The molecule has 2 rings (SSSR count). The Bertz CT molecular complexity index is 734. The number of hydrogen-bond donors (Lipinski definition) is 1. The van der Waals surface area contributed by atoms with Crippen LogP contribution in [0.15, 0.2) is 36.4 Å². The van der Waals surface area contributed by atoms with Gasteiger partial charge in [-0.15, -0.1) is 0 Å². The van der Waals surface area contributed by atoms with Crippen molar-refractivity contribution >= 4 is 34.2 Å². The highest BCUT2D eigenvalue weighted by Crippen LogP contribution is 2.34. The van der Waals surface area contributed by atoms with Crippen molar-refractivity contribution in [1.82, 2.24) is 0 Å². The van der Waals surface area contributed by atoms with E-state index in [9.17, 15) is 19.3 Å². The Balaban J connectivity index is 2.45. The quantitative estimate of drug-likeness (QED) is 0.476. The number of carbonyl (C=O) groups is 1. The maximum atomic E-state index is 13.1. The summed E-state index contributed by atoms with van der Waals surface area (Å²) in [6.07, 6.45) is 0. The molecule has 0 spiro atoms. The number of nitro benzene ring substituents is 1. The smallest absolute Gasteiger partial charge is 0.335 e. The highest BCUT2D eigenvalue weighted by atomic mass is 127. The van der Waals surface area contributed by atoms with E-state index in [-0.39, 0.29) is 17.1 Å². The highest BCUT2D eigenvalue weighted by Gasteiger charge is 2.18. The Kier molecular flexibility index (Phi) is 4.36. The molecule has 0 saturated carbocycles. The van der Waals surface area contributed by atoms with Crippen molar-refractivity contribution in [3.05, 3.63) is 61.5 Å². The normalized spacial score (nSPS) is 10.2. The first kappa shape index (κ1) is 15.2. The Morgan fingerprint density at radius 2 is 1.95 bits per heavy atom. The SMILES string of the molecule is O=C(O)c1ccc(I)c(Oc2ccc(F)cc2[N+](=O)[O-])c1. The topological polar surface area (TPSA) is 89.7 Å². The van der Waals surface area contributed by atoms with Gasteiger partial charge in [-0.1, -0.05) is 0 Å². The van der Waals surface area contributed by atoms with Crippen molar-refractivity contribution in [3.63, 3.8) is 0 Å². The molecule has 0 radical (unpaired) electrons. The second kappa shape index (κ2) is 6.04. The molecule has 0 aromatic heterocycles. The van der Waals surface area contributed by atoms with E-state index in [1.165, 1.54) is 18.2 Å². The molecule has 0 bridgehead atoms. The lowest BCUT2D eigenvalue weighted by Crippen LogP contribution is -1.99. The number of nitrogens with zero attached hydrogens (tertiary/aromatic N) is 1. The van der Waals surface area contributed by atoms with Crippen LogP contribution < -0.4 is 4.74 Å². The van der Waals surface area contributed by atoms with Crippen LogP contribution in [0.5, 0.6) is 11.5 Å². The van der Waals surface area contributed by atoms with Crippen LogP contribution in [-0.4, -0.2) is 16.0 Å². The van der Waals surface area contributed by atoms with Crippen LogP contribution in [-0.2, 0) is 0 Å². The third kappa shape index (κ3) is 3.45. The number of rotatable bonds is 4. The lowest BCUT2D eigenvalue weighted by atomic mass is 10.2. The van der Waals surface area contributed by atoms with Crippen LogP contribution in [0.2, 0.25) is 0 Å². The van der Waals surface area contributed by atoms with Gasteiger partial charge in [-0.05, 0) is 52.9 Å². The van der Waals surface area contributed by atoms with E-state index in [1.54, 1.807) is 0 Å². The van der Waals surface area contributed by atoms with E-state index in [0.29, 0.717) is 3.57 Å². The first-order chi connectivity index (χ1) is 9.88. The number of ether oxygens (including phenoxy) is 1. The van der Waals surface area contributed by atoms with E-state index >= 15 is 0 Å². The van der Waals surface area contributed by atoms with Gasteiger partial charge in [0.2, 0.25) is 5.75 Å². The van der Waals surface area contributed by atoms with Crippen molar-refractivity contribution in [2.24, 2.45) is 0 Å². The first-order valence-electron chi connectivity index (χ1n) is 5.53. The molecule has 0 heterocycles. The summed E-state index contributed by atoms with van der Waals surface area (Å²) in [5, 5.41) is 19.8. The molecule has 0 fully saturated rings. The van der Waals surface area contributed by atoms with Gasteiger partial charge in [0.1, 0.15) is 11.6 Å². The number of halogens is 2. The van der Waals surface area contributed by atoms with Gasteiger partial charge < -0.3 is 9.84 Å². The minimum Gasteiger partial charge on any atom is -0.478 e. The van der Waals surface area contributed by atoms with Crippen molar-refractivity contribution in [1.29, 1.82) is 0 Å². The Labute approximate surface area is 131 Å². The van der Waals surface area contributed by atoms with Gasteiger partial charge in [-0.2, -0.15) is 0 Å². The molecule has 6 nitrogen and oxygen atoms in total. The fourth-order valence-corrected chi connectivity index (χ4v) is 2.00. The molecule has 8 heteroatoms. The number of hydrogen-bond acceptors (Lipinski definition) is 4. The Morgan fingerprint density at radius 1 is 1.24 bits per heavy atom. The van der Waals surface area contributed by atoms with E-state index in [2.05, 4.69) is 0 Å². The number of carboxylic acid groups (broad SMARTS) is 1. The van der Waals surface area contributed by atoms with Gasteiger partial charge in [-0.25, -0.2) is 9.18 Å². The summed E-state index contributed by atoms with van der Waals surface area (Å²) < 4.78 is 19.0. The largest absolute Gasteiger partial charge is 0.478 e. The number of benzene rings is 2.